The van der Waals surface area contributed by atoms with Crippen molar-refractivity contribution >= 4 is 5.91 Å². The van der Waals surface area contributed by atoms with E-state index in [0.29, 0.717) is 12.0 Å². The largest absolute Gasteiger partial charge is 0.342 e. The van der Waals surface area contributed by atoms with Crippen molar-refractivity contribution in [3.8, 4) is 0 Å². The molecule has 1 amide bonds. The highest BCUT2D eigenvalue weighted by molar-refractivity contribution is 5.73. The maximum absolute atomic E-state index is 11.6. The third kappa shape index (κ3) is 4.83. The van der Waals surface area contributed by atoms with Gasteiger partial charge in [0, 0.05) is 58.8 Å². The van der Waals surface area contributed by atoms with Gasteiger partial charge in [0.2, 0.25) is 5.91 Å². The molecule has 1 aromatic rings. The van der Waals surface area contributed by atoms with Crippen LogP contribution in [-0.2, 0) is 11.2 Å². The van der Waals surface area contributed by atoms with Crippen LogP contribution in [0, 0.1) is 12.8 Å². The number of hydrogen-bond donors (Lipinski definition) is 0. The fourth-order valence-corrected chi connectivity index (χ4v) is 4.33. The predicted octanol–water partition coefficient (Wildman–Crippen LogP) is 2.41. The van der Waals surface area contributed by atoms with Crippen LogP contribution in [0.3, 0.4) is 0 Å². The minimum absolute atomic E-state index is 0.223. The first-order valence-electron chi connectivity index (χ1n) is 9.80. The Bertz CT molecular complexity index is 571. The van der Waals surface area contributed by atoms with Gasteiger partial charge in [-0.3, -0.25) is 9.69 Å². The number of carbonyl (C=O) groups excluding carboxylic acids is 1. The van der Waals surface area contributed by atoms with E-state index < -0.39 is 0 Å². The average molecular weight is 344 g/mol. The minimum atomic E-state index is 0.223. The average Bonchev–Trinajstić information content (AvgIpc) is 2.81. The first-order chi connectivity index (χ1) is 12.0. The zero-order valence-electron chi connectivity index (χ0n) is 16.1. The molecule has 138 valence electrons. The summed E-state index contributed by atoms with van der Waals surface area (Å²) in [6, 6.07) is 9.59. The van der Waals surface area contributed by atoms with Crippen molar-refractivity contribution in [2.45, 2.75) is 39.7 Å². The van der Waals surface area contributed by atoms with Crippen LogP contribution in [0.25, 0.3) is 0 Å². The van der Waals surface area contributed by atoms with Gasteiger partial charge in [-0.05, 0) is 31.2 Å². The second-order valence-electron chi connectivity index (χ2n) is 7.94. The Labute approximate surface area is 152 Å². The summed E-state index contributed by atoms with van der Waals surface area (Å²) in [5, 5.41) is 0. The van der Waals surface area contributed by atoms with E-state index >= 15 is 0 Å². The summed E-state index contributed by atoms with van der Waals surface area (Å²) >= 11 is 0. The van der Waals surface area contributed by atoms with E-state index in [9.17, 15) is 4.79 Å². The topological polar surface area (TPSA) is 26.8 Å². The van der Waals surface area contributed by atoms with E-state index in [4.69, 9.17) is 0 Å². The quantitative estimate of drug-likeness (QED) is 0.840. The van der Waals surface area contributed by atoms with Crippen molar-refractivity contribution in [2.24, 2.45) is 5.92 Å². The smallest absolute Gasteiger partial charge is 0.219 e. The second kappa shape index (κ2) is 8.33. The van der Waals surface area contributed by atoms with Crippen molar-refractivity contribution < 1.29 is 4.79 Å². The predicted molar refractivity (Wildman–Crippen MR) is 103 cm³/mol. The van der Waals surface area contributed by atoms with E-state index in [1.165, 1.54) is 24.2 Å². The second-order valence-corrected chi connectivity index (χ2v) is 7.94. The molecule has 0 spiro atoms. The van der Waals surface area contributed by atoms with Gasteiger partial charge in [0.05, 0.1) is 0 Å². The third-order valence-corrected chi connectivity index (χ3v) is 5.93. The maximum atomic E-state index is 11.6. The Morgan fingerprint density at radius 3 is 2.56 bits per heavy atom. The van der Waals surface area contributed by atoms with Gasteiger partial charge in [0.1, 0.15) is 0 Å². The highest BCUT2D eigenvalue weighted by Gasteiger charge is 2.34. The van der Waals surface area contributed by atoms with Crippen LogP contribution >= 0.6 is 0 Å². The lowest BCUT2D eigenvalue weighted by molar-refractivity contribution is -0.128. The zero-order chi connectivity index (χ0) is 17.8. The molecule has 1 aromatic carbocycles. The SMILES string of the molecule is CC(=O)N1CCCN([C@@H]2CN(CCc3ccc(C)cc3)C[C@@H]2C)CC1. The van der Waals surface area contributed by atoms with Gasteiger partial charge in [-0.1, -0.05) is 36.8 Å². The molecule has 0 bridgehead atoms. The molecule has 2 atom stereocenters. The molecular weight excluding hydrogens is 310 g/mol. The minimum Gasteiger partial charge on any atom is -0.342 e. The first-order valence-corrected chi connectivity index (χ1v) is 9.80. The standard InChI is InChI=1S/C21H33N3O/c1-17-5-7-20(8-6-17)9-12-22-15-18(2)21(16-22)24-11-4-10-23(13-14-24)19(3)25/h5-8,18,21H,4,9-16H2,1-3H3/t18-,21+/m0/s1. The molecule has 4 heteroatoms. The van der Waals surface area contributed by atoms with E-state index in [0.717, 1.165) is 45.6 Å². The molecule has 0 unspecified atom stereocenters. The summed E-state index contributed by atoms with van der Waals surface area (Å²) in [6.45, 7) is 13.7. The Hall–Kier alpha value is -1.39. The van der Waals surface area contributed by atoms with Crippen molar-refractivity contribution in [3.05, 3.63) is 35.4 Å². The summed E-state index contributed by atoms with van der Waals surface area (Å²) in [4.78, 5) is 18.9. The van der Waals surface area contributed by atoms with Crippen molar-refractivity contribution in [1.29, 1.82) is 0 Å². The summed E-state index contributed by atoms with van der Waals surface area (Å²) in [5.74, 6) is 0.933. The van der Waals surface area contributed by atoms with Crippen LogP contribution in [0.4, 0.5) is 0 Å². The number of rotatable bonds is 4. The van der Waals surface area contributed by atoms with E-state index in [1.54, 1.807) is 6.92 Å². The number of hydrogen-bond acceptors (Lipinski definition) is 3. The molecule has 0 N–H and O–H groups in total. The lowest BCUT2D eigenvalue weighted by Crippen LogP contribution is -2.43. The summed E-state index contributed by atoms with van der Waals surface area (Å²) < 4.78 is 0. The van der Waals surface area contributed by atoms with Crippen LogP contribution in [0.1, 0.15) is 31.4 Å². The third-order valence-electron chi connectivity index (χ3n) is 5.93. The van der Waals surface area contributed by atoms with Gasteiger partial charge in [-0.25, -0.2) is 0 Å². The zero-order valence-corrected chi connectivity index (χ0v) is 16.1. The monoisotopic (exact) mass is 343 g/mol. The van der Waals surface area contributed by atoms with Gasteiger partial charge in [0.25, 0.3) is 0 Å². The lowest BCUT2D eigenvalue weighted by Gasteiger charge is -2.30. The number of aryl methyl sites for hydroxylation is 1. The number of likely N-dealkylation sites (tertiary alicyclic amines) is 1. The molecule has 4 nitrogen and oxygen atoms in total. The number of amides is 1. The molecule has 2 fully saturated rings. The van der Waals surface area contributed by atoms with E-state index in [-0.39, 0.29) is 5.91 Å². The van der Waals surface area contributed by atoms with Gasteiger partial charge in [-0.2, -0.15) is 0 Å². The highest BCUT2D eigenvalue weighted by atomic mass is 16.2. The fourth-order valence-electron chi connectivity index (χ4n) is 4.33. The molecule has 2 aliphatic heterocycles. The lowest BCUT2D eigenvalue weighted by atomic mass is 10.0. The Kier molecular flexibility index (Phi) is 6.13. The Morgan fingerprint density at radius 1 is 1.08 bits per heavy atom. The van der Waals surface area contributed by atoms with Crippen LogP contribution in [0.2, 0.25) is 0 Å². The van der Waals surface area contributed by atoms with Crippen molar-refractivity contribution in [1.82, 2.24) is 14.7 Å². The Morgan fingerprint density at radius 2 is 1.84 bits per heavy atom. The molecule has 2 saturated heterocycles. The molecule has 2 aliphatic rings. The molecule has 2 heterocycles. The molecule has 25 heavy (non-hydrogen) atoms. The van der Waals surface area contributed by atoms with E-state index in [2.05, 4.69) is 47.9 Å². The summed E-state index contributed by atoms with van der Waals surface area (Å²) in [5.41, 5.74) is 2.77. The van der Waals surface area contributed by atoms with Gasteiger partial charge in [0.15, 0.2) is 0 Å². The van der Waals surface area contributed by atoms with Gasteiger partial charge in [-0.15, -0.1) is 0 Å². The summed E-state index contributed by atoms with van der Waals surface area (Å²) in [7, 11) is 0. The number of benzene rings is 1. The summed E-state index contributed by atoms with van der Waals surface area (Å²) in [6.07, 6.45) is 2.24. The van der Waals surface area contributed by atoms with Crippen molar-refractivity contribution in [3.63, 3.8) is 0 Å². The molecular formula is C21H33N3O. The molecule has 0 aromatic heterocycles. The maximum Gasteiger partial charge on any atom is 0.219 e. The van der Waals surface area contributed by atoms with Gasteiger partial charge < -0.3 is 9.80 Å². The van der Waals surface area contributed by atoms with Crippen molar-refractivity contribution in [2.75, 3.05) is 45.8 Å². The fraction of sp³-hybridized carbons (Fsp3) is 0.667. The number of nitrogens with zero attached hydrogens (tertiary/aromatic N) is 3. The van der Waals surface area contributed by atoms with Crippen LogP contribution < -0.4 is 0 Å². The highest BCUT2D eigenvalue weighted by Crippen LogP contribution is 2.23. The Balaban J connectivity index is 1.50. The first kappa shape index (κ1) is 18.4. The van der Waals surface area contributed by atoms with Crippen LogP contribution in [-0.4, -0.2) is 72.5 Å². The molecule has 0 saturated carbocycles. The van der Waals surface area contributed by atoms with Crippen LogP contribution in [0.5, 0.6) is 0 Å². The van der Waals surface area contributed by atoms with Crippen LogP contribution in [0.15, 0.2) is 24.3 Å². The van der Waals surface area contributed by atoms with E-state index in [1.807, 2.05) is 4.90 Å². The number of carbonyl (C=O) groups is 1. The molecule has 0 radical (unpaired) electrons. The normalized spacial score (nSPS) is 26.0. The molecule has 3 rings (SSSR count). The molecule has 0 aliphatic carbocycles. The van der Waals surface area contributed by atoms with Gasteiger partial charge >= 0.3 is 0 Å².